The topological polar surface area (TPSA) is 57.8 Å². The van der Waals surface area contributed by atoms with E-state index < -0.39 is 0 Å². The van der Waals surface area contributed by atoms with Crippen LogP contribution in [0.1, 0.15) is 41.0 Å². The van der Waals surface area contributed by atoms with Crippen molar-refractivity contribution in [2.24, 2.45) is 0 Å². The second-order valence-electron chi connectivity index (χ2n) is 5.05. The molecule has 1 heterocycles. The molecule has 0 fully saturated rings. The second kappa shape index (κ2) is 5.67. The first-order chi connectivity index (χ1) is 9.74. The molecule has 0 spiro atoms. The van der Waals surface area contributed by atoms with Crippen LogP contribution in [0.15, 0.2) is 24.3 Å². The van der Waals surface area contributed by atoms with Crippen molar-refractivity contribution >= 4 is 23.2 Å². The van der Waals surface area contributed by atoms with Gasteiger partial charge in [0.2, 0.25) is 0 Å². The first-order valence-corrected chi connectivity index (χ1v) is 7.25. The number of fused-ring (bicyclic) bond motifs is 1. The number of nitrogens with zero attached hydrogens (tertiary/aromatic N) is 1. The number of hydrogen-bond acceptors (Lipinski definition) is 2. The highest BCUT2D eigenvalue weighted by molar-refractivity contribution is 6.30. The minimum absolute atomic E-state index is 0.160. The van der Waals surface area contributed by atoms with Crippen LogP contribution in [-0.2, 0) is 12.8 Å². The SMILES string of the molecule is O=C(Nc1ccc(Cl)cc1)c1n[nH]c2c1CCCCC2. The number of amides is 1. The van der Waals surface area contributed by atoms with E-state index in [4.69, 9.17) is 11.6 Å². The molecule has 0 radical (unpaired) electrons. The number of nitrogens with one attached hydrogen (secondary N) is 2. The van der Waals surface area contributed by atoms with E-state index >= 15 is 0 Å². The van der Waals surface area contributed by atoms with Crippen LogP contribution >= 0.6 is 11.6 Å². The maximum absolute atomic E-state index is 12.3. The molecule has 0 unspecified atom stereocenters. The predicted molar refractivity (Wildman–Crippen MR) is 79.3 cm³/mol. The van der Waals surface area contributed by atoms with Crippen LogP contribution in [0.3, 0.4) is 0 Å². The number of aryl methyl sites for hydroxylation is 1. The highest BCUT2D eigenvalue weighted by atomic mass is 35.5. The summed E-state index contributed by atoms with van der Waals surface area (Å²) >= 11 is 5.83. The summed E-state index contributed by atoms with van der Waals surface area (Å²) in [4.78, 5) is 12.3. The summed E-state index contributed by atoms with van der Waals surface area (Å²) in [6.45, 7) is 0. The van der Waals surface area contributed by atoms with Crippen LogP contribution in [0.4, 0.5) is 5.69 Å². The van der Waals surface area contributed by atoms with E-state index in [1.165, 1.54) is 6.42 Å². The van der Waals surface area contributed by atoms with Gasteiger partial charge in [-0.1, -0.05) is 18.0 Å². The molecule has 1 aliphatic carbocycles. The fourth-order valence-corrected chi connectivity index (χ4v) is 2.69. The molecule has 0 bridgehead atoms. The standard InChI is InChI=1S/C15H16ClN3O/c16-10-6-8-11(9-7-10)17-15(20)14-12-4-2-1-3-5-13(12)18-19-14/h6-9H,1-5H2,(H,17,20)(H,18,19). The minimum Gasteiger partial charge on any atom is -0.321 e. The summed E-state index contributed by atoms with van der Waals surface area (Å²) in [5.74, 6) is -0.160. The zero-order valence-electron chi connectivity index (χ0n) is 11.1. The highest BCUT2D eigenvalue weighted by Crippen LogP contribution is 2.22. The Morgan fingerprint density at radius 1 is 1.15 bits per heavy atom. The molecule has 0 saturated carbocycles. The number of carbonyl (C=O) groups is 1. The fourth-order valence-electron chi connectivity index (χ4n) is 2.57. The van der Waals surface area contributed by atoms with Gasteiger partial charge in [-0.2, -0.15) is 5.10 Å². The van der Waals surface area contributed by atoms with Crippen LogP contribution in [0.2, 0.25) is 5.02 Å². The summed E-state index contributed by atoms with van der Waals surface area (Å²) in [6.07, 6.45) is 5.40. The third-order valence-electron chi connectivity index (χ3n) is 3.62. The zero-order valence-corrected chi connectivity index (χ0v) is 11.8. The van der Waals surface area contributed by atoms with Gasteiger partial charge in [0.25, 0.3) is 5.91 Å². The van der Waals surface area contributed by atoms with Crippen LogP contribution < -0.4 is 5.32 Å². The average molecular weight is 290 g/mol. The van der Waals surface area contributed by atoms with Crippen LogP contribution in [0.5, 0.6) is 0 Å². The molecule has 1 amide bonds. The maximum atomic E-state index is 12.3. The van der Waals surface area contributed by atoms with E-state index in [1.54, 1.807) is 24.3 Å². The number of H-pyrrole nitrogens is 1. The van der Waals surface area contributed by atoms with E-state index in [0.29, 0.717) is 10.7 Å². The third kappa shape index (κ3) is 2.70. The molecule has 5 heteroatoms. The number of anilines is 1. The number of benzene rings is 1. The van der Waals surface area contributed by atoms with E-state index in [1.807, 2.05) is 0 Å². The number of hydrogen-bond donors (Lipinski definition) is 2. The Hall–Kier alpha value is -1.81. The molecule has 1 aromatic carbocycles. The molecular formula is C15H16ClN3O. The molecule has 0 atom stereocenters. The Morgan fingerprint density at radius 2 is 1.90 bits per heavy atom. The number of halogens is 1. The van der Waals surface area contributed by atoms with E-state index in [-0.39, 0.29) is 5.91 Å². The average Bonchev–Trinajstić information content (AvgIpc) is 2.71. The number of aromatic amines is 1. The van der Waals surface area contributed by atoms with Gasteiger partial charge in [-0.15, -0.1) is 0 Å². The van der Waals surface area contributed by atoms with Crippen molar-refractivity contribution in [3.63, 3.8) is 0 Å². The second-order valence-corrected chi connectivity index (χ2v) is 5.49. The first kappa shape index (κ1) is 13.2. The van der Waals surface area contributed by atoms with E-state index in [2.05, 4.69) is 15.5 Å². The Bertz CT molecular complexity index is 619. The highest BCUT2D eigenvalue weighted by Gasteiger charge is 2.20. The molecule has 104 valence electrons. The Morgan fingerprint density at radius 3 is 2.70 bits per heavy atom. The van der Waals surface area contributed by atoms with E-state index in [0.717, 1.165) is 42.6 Å². The number of rotatable bonds is 2. The fraction of sp³-hybridized carbons (Fsp3) is 0.333. The van der Waals surface area contributed by atoms with Gasteiger partial charge in [-0.05, 0) is 49.9 Å². The zero-order chi connectivity index (χ0) is 13.9. The smallest absolute Gasteiger partial charge is 0.276 e. The molecule has 2 aromatic rings. The van der Waals surface area contributed by atoms with Gasteiger partial charge in [0.1, 0.15) is 0 Å². The van der Waals surface area contributed by atoms with Crippen molar-refractivity contribution < 1.29 is 4.79 Å². The van der Waals surface area contributed by atoms with Crippen molar-refractivity contribution in [3.8, 4) is 0 Å². The Balaban J connectivity index is 1.80. The summed E-state index contributed by atoms with van der Waals surface area (Å²) in [6, 6.07) is 7.07. The molecule has 4 nitrogen and oxygen atoms in total. The van der Waals surface area contributed by atoms with Crippen LogP contribution in [0, 0.1) is 0 Å². The lowest BCUT2D eigenvalue weighted by Crippen LogP contribution is -2.14. The van der Waals surface area contributed by atoms with Crippen molar-refractivity contribution in [2.75, 3.05) is 5.32 Å². The van der Waals surface area contributed by atoms with Gasteiger partial charge in [0.05, 0.1) is 0 Å². The number of aromatic nitrogens is 2. The molecule has 3 rings (SSSR count). The quantitative estimate of drug-likeness (QED) is 0.830. The normalized spacial score (nSPS) is 14.4. The van der Waals surface area contributed by atoms with Gasteiger partial charge in [-0.25, -0.2) is 0 Å². The summed E-state index contributed by atoms with van der Waals surface area (Å²) in [5, 5.41) is 10.7. The Labute approximate surface area is 122 Å². The summed E-state index contributed by atoms with van der Waals surface area (Å²) in [7, 11) is 0. The monoisotopic (exact) mass is 289 g/mol. The van der Waals surface area contributed by atoms with Gasteiger partial charge >= 0.3 is 0 Å². The molecule has 2 N–H and O–H groups in total. The van der Waals surface area contributed by atoms with Gasteiger partial charge in [0, 0.05) is 22.0 Å². The summed E-state index contributed by atoms with van der Waals surface area (Å²) in [5.41, 5.74) is 3.44. The van der Waals surface area contributed by atoms with Crippen molar-refractivity contribution in [1.82, 2.24) is 10.2 Å². The largest absolute Gasteiger partial charge is 0.321 e. The van der Waals surface area contributed by atoms with Crippen molar-refractivity contribution in [3.05, 3.63) is 46.2 Å². The molecule has 20 heavy (non-hydrogen) atoms. The van der Waals surface area contributed by atoms with Crippen molar-refractivity contribution in [2.45, 2.75) is 32.1 Å². The van der Waals surface area contributed by atoms with Crippen LogP contribution in [0.25, 0.3) is 0 Å². The van der Waals surface area contributed by atoms with Gasteiger partial charge in [-0.3, -0.25) is 9.89 Å². The maximum Gasteiger partial charge on any atom is 0.276 e. The molecule has 0 saturated heterocycles. The van der Waals surface area contributed by atoms with Crippen molar-refractivity contribution in [1.29, 1.82) is 0 Å². The van der Waals surface area contributed by atoms with Gasteiger partial charge < -0.3 is 5.32 Å². The Kier molecular flexibility index (Phi) is 3.74. The lowest BCUT2D eigenvalue weighted by atomic mass is 10.1. The lowest BCUT2D eigenvalue weighted by Gasteiger charge is -2.05. The lowest BCUT2D eigenvalue weighted by molar-refractivity contribution is 0.102. The third-order valence-corrected chi connectivity index (χ3v) is 3.88. The molecular weight excluding hydrogens is 274 g/mol. The van der Waals surface area contributed by atoms with E-state index in [9.17, 15) is 4.79 Å². The number of carbonyl (C=O) groups excluding carboxylic acids is 1. The summed E-state index contributed by atoms with van der Waals surface area (Å²) < 4.78 is 0. The molecule has 1 aliphatic rings. The first-order valence-electron chi connectivity index (χ1n) is 6.87. The predicted octanol–water partition coefficient (Wildman–Crippen LogP) is 3.58. The van der Waals surface area contributed by atoms with Gasteiger partial charge in [0.15, 0.2) is 5.69 Å². The molecule has 1 aromatic heterocycles. The minimum atomic E-state index is -0.160. The van der Waals surface area contributed by atoms with Crippen LogP contribution in [-0.4, -0.2) is 16.1 Å². The molecule has 0 aliphatic heterocycles.